The van der Waals surface area contributed by atoms with Crippen LogP contribution in [0.3, 0.4) is 0 Å². The number of aromatic nitrogens is 2. The standard InChI is InChI=1S/C28H30N8O5S/c1-17-23(28(39)36(17)42(40,41)34-13-12-21(37)16-34)24-22(14-29)26(35(32-24)27(38)20-6-4-3-5-7-20)33(2)15-18-8-10-19(11-9-18)25(30)31/h3-11,17,21,23,37H,12-13,15-16H2,1-2H3,(H3,30,31). The van der Waals surface area contributed by atoms with Crippen LogP contribution in [-0.4, -0.2) is 81.8 Å². The van der Waals surface area contributed by atoms with E-state index in [0.29, 0.717) is 11.1 Å². The van der Waals surface area contributed by atoms with Crippen LogP contribution < -0.4 is 10.6 Å². The zero-order valence-electron chi connectivity index (χ0n) is 23.0. The van der Waals surface area contributed by atoms with Crippen molar-refractivity contribution in [3.05, 3.63) is 82.5 Å². The normalized spacial score (nSPS) is 20.7. The van der Waals surface area contributed by atoms with E-state index in [1.807, 2.05) is 0 Å². The molecule has 42 heavy (non-hydrogen) atoms. The Hall–Kier alpha value is -4.58. The minimum atomic E-state index is -4.18. The maximum atomic E-state index is 13.7. The van der Waals surface area contributed by atoms with Crippen LogP contribution >= 0.6 is 0 Å². The van der Waals surface area contributed by atoms with Gasteiger partial charge < -0.3 is 15.7 Å². The summed E-state index contributed by atoms with van der Waals surface area (Å²) < 4.78 is 29.3. The molecule has 4 N–H and O–H groups in total. The molecule has 3 atom stereocenters. The van der Waals surface area contributed by atoms with Gasteiger partial charge in [-0.15, -0.1) is 0 Å². The number of amidine groups is 1. The molecule has 2 saturated heterocycles. The minimum absolute atomic E-state index is 0.0130. The Bertz CT molecular complexity index is 1700. The van der Waals surface area contributed by atoms with Crippen molar-refractivity contribution in [1.29, 1.82) is 10.7 Å². The van der Waals surface area contributed by atoms with Gasteiger partial charge in [0.05, 0.1) is 17.8 Å². The summed E-state index contributed by atoms with van der Waals surface area (Å²) in [5.74, 6) is -2.28. The largest absolute Gasteiger partial charge is 0.392 e. The van der Waals surface area contributed by atoms with E-state index in [9.17, 15) is 28.4 Å². The Kier molecular flexibility index (Phi) is 7.58. The fourth-order valence-electron chi connectivity index (χ4n) is 5.40. The third-order valence-corrected chi connectivity index (χ3v) is 9.58. The van der Waals surface area contributed by atoms with Crippen LogP contribution in [0.15, 0.2) is 54.6 Å². The van der Waals surface area contributed by atoms with Gasteiger partial charge in [0.25, 0.3) is 5.91 Å². The lowest BCUT2D eigenvalue weighted by atomic mass is 9.87. The number of rotatable bonds is 8. The summed E-state index contributed by atoms with van der Waals surface area (Å²) >= 11 is 0. The Morgan fingerprint density at radius 3 is 2.40 bits per heavy atom. The maximum absolute atomic E-state index is 13.7. The summed E-state index contributed by atoms with van der Waals surface area (Å²) in [7, 11) is -2.51. The summed E-state index contributed by atoms with van der Waals surface area (Å²) in [6.45, 7) is 1.79. The van der Waals surface area contributed by atoms with Crippen LogP contribution in [0.1, 0.15) is 52.0 Å². The number of carbonyl (C=O) groups excluding carboxylic acids is 2. The maximum Gasteiger partial charge on any atom is 0.306 e. The highest BCUT2D eigenvalue weighted by Crippen LogP contribution is 2.42. The number of carbonyl (C=O) groups is 2. The number of β-lactam (4-membered cyclic amide) rings is 1. The fraction of sp³-hybridized carbons (Fsp3) is 0.321. The third-order valence-electron chi connectivity index (χ3n) is 7.59. The number of aliphatic hydroxyl groups excluding tert-OH is 1. The smallest absolute Gasteiger partial charge is 0.306 e. The highest BCUT2D eigenvalue weighted by Gasteiger charge is 2.56. The van der Waals surface area contributed by atoms with E-state index in [-0.39, 0.29) is 49.0 Å². The summed E-state index contributed by atoms with van der Waals surface area (Å²) in [6, 6.07) is 16.5. The van der Waals surface area contributed by atoms with Gasteiger partial charge in [0.2, 0.25) is 5.91 Å². The number of nitriles is 1. The van der Waals surface area contributed by atoms with Gasteiger partial charge in [0.1, 0.15) is 23.4 Å². The Morgan fingerprint density at radius 2 is 1.86 bits per heavy atom. The first-order chi connectivity index (χ1) is 19.9. The van der Waals surface area contributed by atoms with Gasteiger partial charge >= 0.3 is 10.2 Å². The molecule has 0 aliphatic carbocycles. The molecule has 3 heterocycles. The van der Waals surface area contributed by atoms with Crippen molar-refractivity contribution in [3.8, 4) is 6.07 Å². The van der Waals surface area contributed by atoms with Gasteiger partial charge in [-0.3, -0.25) is 15.0 Å². The molecule has 0 spiro atoms. The molecule has 2 aromatic carbocycles. The molecule has 218 valence electrons. The van der Waals surface area contributed by atoms with Crippen molar-refractivity contribution in [3.63, 3.8) is 0 Å². The molecule has 1 amide bonds. The number of nitrogen functional groups attached to an aromatic ring is 1. The summed E-state index contributed by atoms with van der Waals surface area (Å²) in [5, 5.41) is 32.2. The van der Waals surface area contributed by atoms with Crippen LogP contribution in [0.2, 0.25) is 0 Å². The number of aliphatic hydroxyl groups is 1. The number of β-amino-alcohol motifs (C(OH)–C–C–N with tert-alkyl or cyclic N) is 1. The number of anilines is 1. The molecule has 14 heteroatoms. The van der Waals surface area contributed by atoms with Gasteiger partial charge in [-0.1, -0.05) is 42.5 Å². The van der Waals surface area contributed by atoms with Crippen LogP contribution in [0.5, 0.6) is 0 Å². The SMILES string of the molecule is CC1C(c2nn(C(=O)c3ccccc3)c(N(C)Cc3ccc(C(=N)N)cc3)c2C#N)C(=O)N1S(=O)(=O)N1CCC(O)C1. The van der Waals surface area contributed by atoms with Crippen LogP contribution in [0.4, 0.5) is 5.82 Å². The second kappa shape index (κ2) is 11.0. The summed E-state index contributed by atoms with van der Waals surface area (Å²) in [4.78, 5) is 28.7. The lowest BCUT2D eigenvalue weighted by Gasteiger charge is -2.44. The number of amides is 1. The third kappa shape index (κ3) is 4.91. The highest BCUT2D eigenvalue weighted by molar-refractivity contribution is 7.87. The molecule has 2 aliphatic heterocycles. The topological polar surface area (TPSA) is 190 Å². The fourth-order valence-corrected chi connectivity index (χ4v) is 7.23. The number of nitrogens with two attached hydrogens (primary N) is 1. The highest BCUT2D eigenvalue weighted by atomic mass is 32.2. The van der Waals surface area contributed by atoms with Gasteiger partial charge in [-0.05, 0) is 31.0 Å². The molecule has 0 radical (unpaired) electrons. The van der Waals surface area contributed by atoms with Crippen molar-refractivity contribution in [2.75, 3.05) is 25.0 Å². The van der Waals surface area contributed by atoms with Crippen molar-refractivity contribution >= 4 is 33.7 Å². The van der Waals surface area contributed by atoms with E-state index >= 15 is 0 Å². The first-order valence-corrected chi connectivity index (χ1v) is 14.6. The summed E-state index contributed by atoms with van der Waals surface area (Å²) in [5.41, 5.74) is 7.21. The Morgan fingerprint density at radius 1 is 1.19 bits per heavy atom. The molecular weight excluding hydrogens is 560 g/mol. The van der Waals surface area contributed by atoms with Crippen molar-refractivity contribution < 1.29 is 23.1 Å². The van der Waals surface area contributed by atoms with Crippen LogP contribution in [0, 0.1) is 16.7 Å². The predicted molar refractivity (Wildman–Crippen MR) is 153 cm³/mol. The Labute approximate surface area is 243 Å². The zero-order chi connectivity index (χ0) is 30.3. The molecule has 1 aromatic heterocycles. The van der Waals surface area contributed by atoms with E-state index < -0.39 is 40.1 Å². The average Bonchev–Trinajstić information content (AvgIpc) is 3.57. The van der Waals surface area contributed by atoms with E-state index in [2.05, 4.69) is 11.2 Å². The van der Waals surface area contributed by atoms with Crippen molar-refractivity contribution in [2.24, 2.45) is 5.73 Å². The van der Waals surface area contributed by atoms with Crippen molar-refractivity contribution in [1.82, 2.24) is 18.4 Å². The number of nitrogens with zero attached hydrogens (tertiary/aromatic N) is 6. The molecule has 13 nitrogen and oxygen atoms in total. The van der Waals surface area contributed by atoms with E-state index in [1.54, 1.807) is 73.5 Å². The molecule has 2 fully saturated rings. The first kappa shape index (κ1) is 28.9. The lowest BCUT2D eigenvalue weighted by Crippen LogP contribution is -2.63. The zero-order valence-corrected chi connectivity index (χ0v) is 23.8. The van der Waals surface area contributed by atoms with Crippen molar-refractivity contribution in [2.45, 2.75) is 38.0 Å². The second-order valence-electron chi connectivity index (χ2n) is 10.4. The molecule has 2 aliphatic rings. The molecule has 0 saturated carbocycles. The van der Waals surface area contributed by atoms with Gasteiger partial charge in [0.15, 0.2) is 5.82 Å². The quantitative estimate of drug-likeness (QED) is 0.195. The minimum Gasteiger partial charge on any atom is -0.392 e. The van der Waals surface area contributed by atoms with Crippen LogP contribution in [0.25, 0.3) is 0 Å². The first-order valence-electron chi connectivity index (χ1n) is 13.2. The van der Waals surface area contributed by atoms with Gasteiger partial charge in [0, 0.05) is 37.8 Å². The molecular formula is C28H30N8O5S. The molecule has 0 bridgehead atoms. The van der Waals surface area contributed by atoms with E-state index in [0.717, 1.165) is 18.9 Å². The monoisotopic (exact) mass is 590 g/mol. The lowest BCUT2D eigenvalue weighted by molar-refractivity contribution is -0.140. The number of nitrogens with one attached hydrogen (secondary N) is 1. The molecule has 3 unspecified atom stereocenters. The van der Waals surface area contributed by atoms with Gasteiger partial charge in [-0.2, -0.15) is 27.8 Å². The predicted octanol–water partition coefficient (Wildman–Crippen LogP) is 0.989. The average molecular weight is 591 g/mol. The molecule has 5 rings (SSSR count). The van der Waals surface area contributed by atoms with E-state index in [1.165, 1.54) is 0 Å². The summed E-state index contributed by atoms with van der Waals surface area (Å²) in [6.07, 6.45) is -0.527. The second-order valence-corrected chi connectivity index (χ2v) is 12.2. The molecule has 3 aromatic rings. The number of hydrogen-bond donors (Lipinski definition) is 3. The van der Waals surface area contributed by atoms with E-state index in [4.69, 9.17) is 11.1 Å². The number of hydrogen-bond acceptors (Lipinski definition) is 9. The van der Waals surface area contributed by atoms with Gasteiger partial charge in [-0.25, -0.2) is 4.31 Å². The number of benzene rings is 2. The Balaban J connectivity index is 1.53. The van der Waals surface area contributed by atoms with Crippen LogP contribution in [-0.2, 0) is 21.5 Å².